The van der Waals surface area contributed by atoms with E-state index in [9.17, 15) is 9.59 Å². The molecule has 1 heterocycles. The van der Waals surface area contributed by atoms with Gasteiger partial charge >= 0.3 is 12.1 Å². The van der Waals surface area contributed by atoms with Gasteiger partial charge in [0.05, 0.1) is 6.61 Å². The van der Waals surface area contributed by atoms with Gasteiger partial charge in [-0.1, -0.05) is 0 Å². The Morgan fingerprint density at radius 1 is 1.39 bits per heavy atom. The van der Waals surface area contributed by atoms with Crippen LogP contribution in [0.25, 0.3) is 0 Å². The Balaban J connectivity index is 2.72. The van der Waals surface area contributed by atoms with Crippen molar-refractivity contribution < 1.29 is 19.1 Å². The largest absolute Gasteiger partial charge is 0.464 e. The number of amides is 1. The predicted molar refractivity (Wildman–Crippen MR) is 66.0 cm³/mol. The summed E-state index contributed by atoms with van der Waals surface area (Å²) in [6.45, 7) is 7.66. The number of esters is 1. The first kappa shape index (κ1) is 14.8. The van der Waals surface area contributed by atoms with Crippen LogP contribution in [0.15, 0.2) is 0 Å². The van der Waals surface area contributed by atoms with Crippen molar-refractivity contribution in [3.63, 3.8) is 0 Å². The summed E-state index contributed by atoms with van der Waals surface area (Å²) in [4.78, 5) is 25.1. The minimum atomic E-state index is -0.630. The summed E-state index contributed by atoms with van der Waals surface area (Å²) in [5.41, 5.74) is 5.20. The molecule has 18 heavy (non-hydrogen) atoms. The molecule has 1 aliphatic rings. The first-order valence-electron chi connectivity index (χ1n) is 6.16. The quantitative estimate of drug-likeness (QED) is 0.744. The highest BCUT2D eigenvalue weighted by Crippen LogP contribution is 2.21. The number of carbonyl (C=O) groups excluding carboxylic acids is 2. The second-order valence-corrected chi connectivity index (χ2v) is 5.40. The molecule has 6 nitrogen and oxygen atoms in total. The number of carbonyl (C=O) groups is 2. The summed E-state index contributed by atoms with van der Waals surface area (Å²) >= 11 is 0. The van der Waals surface area contributed by atoms with Gasteiger partial charge in [-0.25, -0.2) is 9.59 Å². The number of likely N-dealkylation sites (tertiary alicyclic amines) is 1. The van der Waals surface area contributed by atoms with Crippen molar-refractivity contribution in [2.24, 2.45) is 5.73 Å². The van der Waals surface area contributed by atoms with Crippen LogP contribution in [0.2, 0.25) is 0 Å². The van der Waals surface area contributed by atoms with Crippen LogP contribution in [0.4, 0.5) is 4.79 Å². The summed E-state index contributed by atoms with van der Waals surface area (Å²) in [6.07, 6.45) is -0.105. The van der Waals surface area contributed by atoms with Gasteiger partial charge in [0.2, 0.25) is 0 Å². The first-order valence-corrected chi connectivity index (χ1v) is 6.16. The molecule has 1 rings (SSSR count). The third-order valence-electron chi connectivity index (χ3n) is 2.52. The van der Waals surface area contributed by atoms with Crippen LogP contribution in [0.3, 0.4) is 0 Å². The molecule has 0 aromatic heterocycles. The summed E-state index contributed by atoms with van der Waals surface area (Å²) in [6, 6.07) is -0.846. The molecule has 1 unspecified atom stereocenters. The van der Waals surface area contributed by atoms with E-state index in [1.54, 1.807) is 27.7 Å². The van der Waals surface area contributed by atoms with E-state index in [1.807, 2.05) is 0 Å². The molecule has 0 radical (unpaired) electrons. The fourth-order valence-electron chi connectivity index (χ4n) is 1.85. The molecule has 1 aliphatic heterocycles. The highest BCUT2D eigenvalue weighted by molar-refractivity contribution is 5.82. The Labute approximate surface area is 107 Å². The summed E-state index contributed by atoms with van der Waals surface area (Å²) < 4.78 is 10.2. The Kier molecular flexibility index (Phi) is 4.56. The normalized spacial score (nSPS) is 23.9. The number of rotatable bonds is 2. The van der Waals surface area contributed by atoms with E-state index < -0.39 is 23.7 Å². The van der Waals surface area contributed by atoms with Crippen molar-refractivity contribution in [1.29, 1.82) is 0 Å². The monoisotopic (exact) mass is 258 g/mol. The Morgan fingerprint density at radius 2 is 2.00 bits per heavy atom. The van der Waals surface area contributed by atoms with E-state index in [0.29, 0.717) is 13.0 Å². The average Bonchev–Trinajstić information content (AvgIpc) is 2.58. The molecule has 2 N–H and O–H groups in total. The minimum absolute atomic E-state index is 0.216. The van der Waals surface area contributed by atoms with Crippen LogP contribution in [0.5, 0.6) is 0 Å². The van der Waals surface area contributed by atoms with Crippen molar-refractivity contribution in [3.8, 4) is 0 Å². The summed E-state index contributed by atoms with van der Waals surface area (Å²) in [5.74, 6) is -0.420. The van der Waals surface area contributed by atoms with Gasteiger partial charge in [-0.3, -0.25) is 4.90 Å². The van der Waals surface area contributed by atoms with Gasteiger partial charge in [0, 0.05) is 12.6 Å². The second-order valence-electron chi connectivity index (χ2n) is 5.40. The van der Waals surface area contributed by atoms with Gasteiger partial charge in [0.1, 0.15) is 11.6 Å². The zero-order chi connectivity index (χ0) is 13.9. The van der Waals surface area contributed by atoms with E-state index in [4.69, 9.17) is 15.2 Å². The van der Waals surface area contributed by atoms with Crippen LogP contribution in [0, 0.1) is 0 Å². The number of ether oxygens (including phenoxy) is 2. The maximum atomic E-state index is 12.0. The van der Waals surface area contributed by atoms with E-state index >= 15 is 0 Å². The number of hydrogen-bond donors (Lipinski definition) is 1. The lowest BCUT2D eigenvalue weighted by Crippen LogP contribution is -2.44. The van der Waals surface area contributed by atoms with Crippen LogP contribution in [-0.4, -0.2) is 47.8 Å². The Morgan fingerprint density at radius 3 is 2.50 bits per heavy atom. The van der Waals surface area contributed by atoms with Crippen molar-refractivity contribution in [2.45, 2.75) is 51.8 Å². The lowest BCUT2D eigenvalue weighted by molar-refractivity contribution is -0.148. The molecule has 1 fully saturated rings. The van der Waals surface area contributed by atoms with E-state index in [2.05, 4.69) is 0 Å². The van der Waals surface area contributed by atoms with Gasteiger partial charge in [-0.05, 0) is 34.1 Å². The highest BCUT2D eigenvalue weighted by atomic mass is 16.6. The number of hydrogen-bond acceptors (Lipinski definition) is 5. The van der Waals surface area contributed by atoms with Crippen molar-refractivity contribution in [2.75, 3.05) is 13.2 Å². The lowest BCUT2D eigenvalue weighted by Gasteiger charge is -2.27. The van der Waals surface area contributed by atoms with Gasteiger partial charge in [-0.2, -0.15) is 0 Å². The molecular weight excluding hydrogens is 236 g/mol. The zero-order valence-corrected chi connectivity index (χ0v) is 11.4. The zero-order valence-electron chi connectivity index (χ0n) is 11.4. The molecule has 0 aliphatic carbocycles. The molecule has 0 aromatic rings. The van der Waals surface area contributed by atoms with Crippen LogP contribution in [0.1, 0.15) is 34.1 Å². The Hall–Kier alpha value is -1.30. The van der Waals surface area contributed by atoms with Crippen molar-refractivity contribution in [1.82, 2.24) is 4.90 Å². The lowest BCUT2D eigenvalue weighted by atomic mass is 10.2. The van der Waals surface area contributed by atoms with Crippen molar-refractivity contribution in [3.05, 3.63) is 0 Å². The molecule has 0 aromatic carbocycles. The molecular formula is C12H22N2O4. The summed E-state index contributed by atoms with van der Waals surface area (Å²) in [7, 11) is 0. The predicted octanol–water partition coefficient (Wildman–Crippen LogP) is 0.886. The number of nitrogens with two attached hydrogens (primary N) is 1. The molecule has 6 heteroatoms. The minimum Gasteiger partial charge on any atom is -0.464 e. The van der Waals surface area contributed by atoms with Crippen LogP contribution < -0.4 is 5.73 Å². The molecule has 0 spiro atoms. The fraction of sp³-hybridized carbons (Fsp3) is 0.833. The highest BCUT2D eigenvalue weighted by Gasteiger charge is 2.40. The SMILES string of the molecule is CCOC(=O)C1C[C@H](N)CN1C(=O)OC(C)(C)C. The van der Waals surface area contributed by atoms with Gasteiger partial charge in [-0.15, -0.1) is 0 Å². The van der Waals surface area contributed by atoms with E-state index in [0.717, 1.165) is 0 Å². The molecule has 1 amide bonds. The first-order chi connectivity index (χ1) is 8.24. The maximum Gasteiger partial charge on any atom is 0.411 e. The van der Waals surface area contributed by atoms with Crippen molar-refractivity contribution >= 4 is 12.1 Å². The smallest absolute Gasteiger partial charge is 0.411 e. The van der Waals surface area contributed by atoms with Crippen LogP contribution in [-0.2, 0) is 14.3 Å². The third kappa shape index (κ3) is 3.87. The van der Waals surface area contributed by atoms with E-state index in [-0.39, 0.29) is 12.6 Å². The van der Waals surface area contributed by atoms with Gasteiger partial charge in [0.25, 0.3) is 0 Å². The van der Waals surface area contributed by atoms with Crippen LogP contribution >= 0.6 is 0 Å². The number of nitrogens with zero attached hydrogens (tertiary/aromatic N) is 1. The third-order valence-corrected chi connectivity index (χ3v) is 2.52. The molecule has 2 atom stereocenters. The van der Waals surface area contributed by atoms with Gasteiger partial charge < -0.3 is 15.2 Å². The molecule has 104 valence electrons. The summed E-state index contributed by atoms with van der Waals surface area (Å²) in [5, 5.41) is 0. The molecule has 0 saturated carbocycles. The van der Waals surface area contributed by atoms with E-state index in [1.165, 1.54) is 4.90 Å². The second kappa shape index (κ2) is 5.56. The molecule has 1 saturated heterocycles. The maximum absolute atomic E-state index is 12.0. The fourth-order valence-corrected chi connectivity index (χ4v) is 1.85. The Bertz CT molecular complexity index is 325. The standard InChI is InChI=1S/C12H22N2O4/c1-5-17-10(15)9-6-8(13)7-14(9)11(16)18-12(2,3)4/h8-9H,5-7,13H2,1-4H3/t8-,9?/m0/s1. The topological polar surface area (TPSA) is 81.9 Å². The van der Waals surface area contributed by atoms with Gasteiger partial charge in [0.15, 0.2) is 0 Å². The average molecular weight is 258 g/mol. The molecule has 0 bridgehead atoms.